The molecule has 38 heavy (non-hydrogen) atoms. The Labute approximate surface area is 221 Å². The number of ether oxygens (including phenoxy) is 4. The maximum atomic E-state index is 12.1. The molecule has 5 aromatic rings. The largest absolute Gasteiger partial charge is 0.484 e. The maximum Gasteiger partial charge on any atom is 0.411 e. The molecule has 0 aliphatic carbocycles. The number of nitrogens with one attached hydrogen (secondary N) is 1. The second-order valence-electron chi connectivity index (χ2n) is 8.83. The molecule has 3 aromatic heterocycles. The number of benzene rings is 2. The highest BCUT2D eigenvalue weighted by atomic mass is 32.1. The van der Waals surface area contributed by atoms with E-state index in [0.717, 1.165) is 42.9 Å². The lowest BCUT2D eigenvalue weighted by Gasteiger charge is -2.26. The van der Waals surface area contributed by atoms with Crippen LogP contribution < -0.4 is 19.5 Å². The van der Waals surface area contributed by atoms with Crippen LogP contribution in [0.5, 0.6) is 17.4 Å². The second kappa shape index (κ2) is 9.75. The number of nitrogens with zero attached hydrogens (tertiary/aromatic N) is 4. The molecule has 0 spiro atoms. The molecule has 11 heteroatoms. The summed E-state index contributed by atoms with van der Waals surface area (Å²) in [5.74, 6) is 1.69. The number of carbonyl (C=O) groups excluding carboxylic acids is 1. The number of fused-ring (bicyclic) bond motifs is 4. The van der Waals surface area contributed by atoms with Gasteiger partial charge in [0.25, 0.3) is 0 Å². The van der Waals surface area contributed by atoms with Crippen LogP contribution in [0.15, 0.2) is 48.9 Å². The van der Waals surface area contributed by atoms with E-state index in [1.807, 2.05) is 26.0 Å². The van der Waals surface area contributed by atoms with Gasteiger partial charge in [0, 0.05) is 11.8 Å². The Bertz CT molecular complexity index is 1670. The van der Waals surface area contributed by atoms with E-state index in [9.17, 15) is 4.79 Å². The number of carbonyl (C=O) groups is 1. The highest BCUT2D eigenvalue weighted by molar-refractivity contribution is 7.22. The Morgan fingerprint density at radius 1 is 1.18 bits per heavy atom. The zero-order chi connectivity index (χ0) is 26.2. The molecule has 0 saturated heterocycles. The third-order valence-corrected chi connectivity index (χ3v) is 7.09. The van der Waals surface area contributed by atoms with Crippen LogP contribution in [0.3, 0.4) is 0 Å². The Morgan fingerprint density at radius 3 is 2.89 bits per heavy atom. The fraction of sp³-hybridized carbons (Fsp3) is 0.222. The van der Waals surface area contributed by atoms with E-state index in [2.05, 4.69) is 26.3 Å². The van der Waals surface area contributed by atoms with Crippen LogP contribution in [0.4, 0.5) is 10.5 Å². The highest BCUT2D eigenvalue weighted by Crippen LogP contribution is 2.46. The van der Waals surface area contributed by atoms with Crippen LogP contribution in [0.25, 0.3) is 31.8 Å². The topological polar surface area (TPSA) is 118 Å². The van der Waals surface area contributed by atoms with Crippen molar-refractivity contribution in [1.82, 2.24) is 19.9 Å². The van der Waals surface area contributed by atoms with Crippen LogP contribution in [0.1, 0.15) is 11.1 Å². The van der Waals surface area contributed by atoms with Gasteiger partial charge in [0.2, 0.25) is 5.88 Å². The van der Waals surface area contributed by atoms with E-state index in [1.165, 1.54) is 17.5 Å². The van der Waals surface area contributed by atoms with Crippen LogP contribution in [-0.4, -0.2) is 52.5 Å². The molecule has 0 fully saturated rings. The average molecular weight is 530 g/mol. The minimum atomic E-state index is -0.586. The normalized spacial score (nSPS) is 14.4. The number of pyridine rings is 1. The number of hydrogen-bond acceptors (Lipinski definition) is 10. The first kappa shape index (κ1) is 23.9. The van der Waals surface area contributed by atoms with Crippen molar-refractivity contribution < 1.29 is 23.7 Å². The summed E-state index contributed by atoms with van der Waals surface area (Å²) in [5, 5.41) is 3.44. The number of anilines is 1. The minimum absolute atomic E-state index is 0.0357. The molecule has 1 aliphatic heterocycles. The molecule has 0 radical (unpaired) electrons. The molecule has 0 saturated carbocycles. The number of methoxy groups -OCH3 is 1. The number of thiazole rings is 1. The van der Waals surface area contributed by atoms with Gasteiger partial charge in [-0.2, -0.15) is 0 Å². The number of amides is 1. The fourth-order valence-corrected chi connectivity index (χ4v) is 5.42. The van der Waals surface area contributed by atoms with Gasteiger partial charge in [0.05, 0.1) is 41.7 Å². The third-order valence-electron chi connectivity index (χ3n) is 6.00. The van der Waals surface area contributed by atoms with E-state index in [1.54, 1.807) is 31.6 Å². The van der Waals surface area contributed by atoms with Gasteiger partial charge in [-0.3, -0.25) is 10.3 Å². The Morgan fingerprint density at radius 2 is 2.08 bits per heavy atom. The quantitative estimate of drug-likeness (QED) is 0.323. The molecule has 1 atom stereocenters. The van der Waals surface area contributed by atoms with E-state index in [0.29, 0.717) is 23.1 Å². The second-order valence-corrected chi connectivity index (χ2v) is 9.83. The first-order valence-corrected chi connectivity index (χ1v) is 12.7. The van der Waals surface area contributed by atoms with Gasteiger partial charge in [0.1, 0.15) is 22.9 Å². The number of aromatic nitrogens is 4. The molecule has 1 amide bonds. The summed E-state index contributed by atoms with van der Waals surface area (Å²) in [6.45, 7) is 4.27. The van der Waals surface area contributed by atoms with E-state index in [4.69, 9.17) is 23.9 Å². The molecule has 4 heterocycles. The van der Waals surface area contributed by atoms with Gasteiger partial charge < -0.3 is 18.9 Å². The van der Waals surface area contributed by atoms with Crippen molar-refractivity contribution in [3.63, 3.8) is 0 Å². The summed E-state index contributed by atoms with van der Waals surface area (Å²) in [5.41, 5.74) is 5.78. The number of aryl methyl sites for hydroxylation is 2. The first-order valence-electron chi connectivity index (χ1n) is 11.9. The molecule has 0 bridgehead atoms. The van der Waals surface area contributed by atoms with E-state index < -0.39 is 12.2 Å². The number of hydrogen-bond donors (Lipinski definition) is 1. The van der Waals surface area contributed by atoms with Crippen LogP contribution >= 0.6 is 11.3 Å². The zero-order valence-corrected chi connectivity index (χ0v) is 21.7. The minimum Gasteiger partial charge on any atom is -0.484 e. The highest BCUT2D eigenvalue weighted by Gasteiger charge is 2.27. The summed E-state index contributed by atoms with van der Waals surface area (Å²) in [4.78, 5) is 30.2. The fourth-order valence-electron chi connectivity index (χ4n) is 4.26. The standard InChI is InChI=1S/C27H23N5O5S/c1-14-7-18(23-19(8-14)31-21(34-3)11-29-23)26-32-22-15(2)9-20-24(25(22)38-26)35-12-17(37-20)13-36-27(33)30-16-5-4-6-28-10-16/h4-11,17H,12-13H2,1-3H3,(H,30,33)/t17-/m1/s1. The smallest absolute Gasteiger partial charge is 0.411 e. The summed E-state index contributed by atoms with van der Waals surface area (Å²) in [6.07, 6.45) is 3.74. The van der Waals surface area contributed by atoms with Crippen molar-refractivity contribution in [1.29, 1.82) is 0 Å². The molecule has 192 valence electrons. The van der Waals surface area contributed by atoms with Crippen molar-refractivity contribution in [2.75, 3.05) is 25.6 Å². The monoisotopic (exact) mass is 529 g/mol. The average Bonchev–Trinajstić information content (AvgIpc) is 3.38. The van der Waals surface area contributed by atoms with Gasteiger partial charge in [-0.05, 0) is 55.3 Å². The lowest BCUT2D eigenvalue weighted by atomic mass is 10.1. The molecule has 1 aliphatic rings. The van der Waals surface area contributed by atoms with Crippen molar-refractivity contribution in [2.45, 2.75) is 20.0 Å². The zero-order valence-electron chi connectivity index (χ0n) is 20.8. The lowest BCUT2D eigenvalue weighted by molar-refractivity contribution is 0.0383. The summed E-state index contributed by atoms with van der Waals surface area (Å²) >= 11 is 1.52. The van der Waals surface area contributed by atoms with Gasteiger partial charge in [-0.25, -0.2) is 19.7 Å². The third kappa shape index (κ3) is 4.52. The summed E-state index contributed by atoms with van der Waals surface area (Å²) in [6, 6.07) is 9.40. The first-order chi connectivity index (χ1) is 18.5. The molecule has 6 rings (SSSR count). The van der Waals surface area contributed by atoms with Crippen molar-refractivity contribution in [3.8, 4) is 28.0 Å². The number of rotatable bonds is 5. The molecular weight excluding hydrogens is 506 g/mol. The Balaban J connectivity index is 1.26. The predicted molar refractivity (Wildman–Crippen MR) is 143 cm³/mol. The van der Waals surface area contributed by atoms with Crippen molar-refractivity contribution in [3.05, 3.63) is 60.0 Å². The van der Waals surface area contributed by atoms with Crippen LogP contribution in [-0.2, 0) is 4.74 Å². The van der Waals surface area contributed by atoms with Gasteiger partial charge in [0.15, 0.2) is 17.6 Å². The van der Waals surface area contributed by atoms with Gasteiger partial charge in [-0.15, -0.1) is 11.3 Å². The van der Waals surface area contributed by atoms with E-state index in [-0.39, 0.29) is 13.2 Å². The molecule has 10 nitrogen and oxygen atoms in total. The SMILES string of the molecule is COc1cnc2c(-c3nc4c(C)cc5c(c4s3)OC[C@H](COC(=O)Nc3cccnc3)O5)cc(C)cc2n1. The molecule has 1 N–H and O–H groups in total. The van der Waals surface area contributed by atoms with Crippen LogP contribution in [0, 0.1) is 13.8 Å². The maximum absolute atomic E-state index is 12.1. The van der Waals surface area contributed by atoms with Crippen molar-refractivity contribution >= 4 is 44.4 Å². The summed E-state index contributed by atoms with van der Waals surface area (Å²) in [7, 11) is 1.57. The van der Waals surface area contributed by atoms with Gasteiger partial charge in [-0.1, -0.05) is 0 Å². The Kier molecular flexibility index (Phi) is 6.12. The molecular formula is C27H23N5O5S. The van der Waals surface area contributed by atoms with Gasteiger partial charge >= 0.3 is 6.09 Å². The lowest BCUT2D eigenvalue weighted by Crippen LogP contribution is -2.35. The molecule has 2 aromatic carbocycles. The van der Waals surface area contributed by atoms with E-state index >= 15 is 0 Å². The van der Waals surface area contributed by atoms with Crippen LogP contribution in [0.2, 0.25) is 0 Å². The molecule has 0 unspecified atom stereocenters. The van der Waals surface area contributed by atoms with Crippen molar-refractivity contribution in [2.24, 2.45) is 0 Å². The Hall–Kier alpha value is -4.51. The summed E-state index contributed by atoms with van der Waals surface area (Å²) < 4.78 is 23.7. The predicted octanol–water partition coefficient (Wildman–Crippen LogP) is 5.32.